The summed E-state index contributed by atoms with van der Waals surface area (Å²) in [6.07, 6.45) is 6.90. The molecule has 8 rings (SSSR count). The summed E-state index contributed by atoms with van der Waals surface area (Å²) in [5, 5.41) is 27.3. The van der Waals surface area contributed by atoms with E-state index < -0.39 is 0 Å². The molecule has 5 aromatic rings. The second kappa shape index (κ2) is 17.1. The first kappa shape index (κ1) is 38.8. The van der Waals surface area contributed by atoms with Crippen molar-refractivity contribution < 1.29 is 24.2 Å². The summed E-state index contributed by atoms with van der Waals surface area (Å²) in [6.45, 7) is 13.6. The lowest BCUT2D eigenvalue weighted by Gasteiger charge is -2.33. The van der Waals surface area contributed by atoms with E-state index >= 15 is 0 Å². The molecule has 3 aromatic heterocycles. The van der Waals surface area contributed by atoms with Gasteiger partial charge < -0.3 is 24.8 Å². The van der Waals surface area contributed by atoms with Gasteiger partial charge in [-0.05, 0) is 80.0 Å². The molecule has 0 spiro atoms. The fourth-order valence-electron chi connectivity index (χ4n) is 7.86. The van der Waals surface area contributed by atoms with Crippen LogP contribution in [-0.2, 0) is 21.5 Å². The number of aromatic nitrogens is 5. The zero-order valence-corrected chi connectivity index (χ0v) is 32.7. The summed E-state index contributed by atoms with van der Waals surface area (Å²) in [6, 6.07) is 22.6. The number of pyridine rings is 1. The minimum Gasteiger partial charge on any atom is -0.484 e. The predicted molar refractivity (Wildman–Crippen MR) is 215 cm³/mol. The lowest BCUT2D eigenvalue weighted by molar-refractivity contribution is -0.122. The van der Waals surface area contributed by atoms with E-state index in [4.69, 9.17) is 24.5 Å². The molecule has 296 valence electrons. The maximum Gasteiger partial charge on any atom is 0.320 e. The molecule has 2 saturated heterocycles. The average molecular weight is 764 g/mol. The molecule has 56 heavy (non-hydrogen) atoms. The van der Waals surface area contributed by atoms with Crippen LogP contribution in [0.1, 0.15) is 94.3 Å². The highest BCUT2D eigenvalue weighted by Gasteiger charge is 2.31. The number of nitrogens with zero attached hydrogens (tertiary/aromatic N) is 7. The van der Waals surface area contributed by atoms with Crippen LogP contribution in [0.2, 0.25) is 0 Å². The predicted octanol–water partition coefficient (Wildman–Crippen LogP) is 6.90. The molecule has 2 aliphatic heterocycles. The van der Waals surface area contributed by atoms with Gasteiger partial charge in [-0.1, -0.05) is 57.2 Å². The van der Waals surface area contributed by atoms with Gasteiger partial charge in [-0.2, -0.15) is 5.10 Å². The summed E-state index contributed by atoms with van der Waals surface area (Å²) in [4.78, 5) is 26.9. The third-order valence-corrected chi connectivity index (χ3v) is 10.8. The van der Waals surface area contributed by atoms with Crippen molar-refractivity contribution in [1.29, 1.82) is 0 Å². The number of ether oxygens (including phenoxy) is 2. The average Bonchev–Trinajstić information content (AvgIpc) is 3.81. The number of hydrogen-bond acceptors (Lipinski definition) is 9. The normalized spacial score (nSPS) is 20.1. The number of hydrogen-bond donors (Lipinski definition) is 3. The maximum absolute atomic E-state index is 13.8. The maximum atomic E-state index is 13.8. The van der Waals surface area contributed by atoms with Gasteiger partial charge in [-0.25, -0.2) is 9.48 Å². The van der Waals surface area contributed by atoms with Crippen LogP contribution < -0.4 is 20.3 Å². The molecule has 0 bridgehead atoms. The number of carbonyl (C=O) groups excluding carboxylic acids is 1. The van der Waals surface area contributed by atoms with Crippen molar-refractivity contribution in [3.05, 3.63) is 95.3 Å². The van der Waals surface area contributed by atoms with Crippen molar-refractivity contribution in [2.24, 2.45) is 0 Å². The Morgan fingerprint density at radius 3 is 2.52 bits per heavy atom. The molecule has 14 heteroatoms. The van der Waals surface area contributed by atoms with E-state index in [9.17, 15) is 4.79 Å². The van der Waals surface area contributed by atoms with Crippen LogP contribution >= 0.6 is 0 Å². The quantitative estimate of drug-likeness (QED) is 0.142. The van der Waals surface area contributed by atoms with Gasteiger partial charge in [0, 0.05) is 43.7 Å². The molecule has 0 radical (unpaired) electrons. The fourth-order valence-corrected chi connectivity index (χ4v) is 7.86. The van der Waals surface area contributed by atoms with Crippen molar-refractivity contribution in [3.8, 4) is 11.4 Å². The second-order valence-electron chi connectivity index (χ2n) is 15.8. The van der Waals surface area contributed by atoms with Crippen molar-refractivity contribution >= 4 is 29.9 Å². The molecule has 2 fully saturated rings. The number of carbonyl (C=O) groups is 2. The first-order chi connectivity index (χ1) is 27.1. The number of urea groups is 1. The van der Waals surface area contributed by atoms with Crippen LogP contribution in [0.25, 0.3) is 11.3 Å². The second-order valence-corrected chi connectivity index (χ2v) is 15.8. The van der Waals surface area contributed by atoms with E-state index in [0.29, 0.717) is 11.9 Å². The Bertz CT molecular complexity index is 2120. The number of rotatable bonds is 8. The summed E-state index contributed by atoms with van der Waals surface area (Å²) in [7, 11) is 0. The van der Waals surface area contributed by atoms with Gasteiger partial charge in [0.2, 0.25) is 5.95 Å². The zero-order chi connectivity index (χ0) is 39.2. The first-order valence-corrected chi connectivity index (χ1v) is 19.6. The standard InChI is InChI=1S/C41H51N9O3.CH2O2/c1-28-10-7-8-19-48(28)40-45-44-37-18-15-31(27-49(37)40)53-35-17-16-34(32-13-5-6-14-33(32)35)42-39(51)43-38-25-36(41(2,3)4)46-50(38)30-12-9-11-29(24-30)26-47-20-22-52-23-21-47;2-1-3/h5-6,9,11-15,18,24-25,27-28,34-35H,7-8,10,16-17,19-23,26H2,1-4H3,(H2,42,43,51);1H,(H,2,3)/t28-,34-,35+;/m0./s1. The van der Waals surface area contributed by atoms with E-state index in [1.54, 1.807) is 0 Å². The van der Waals surface area contributed by atoms with Gasteiger partial charge in [0.1, 0.15) is 17.7 Å². The van der Waals surface area contributed by atoms with Crippen LogP contribution in [0.3, 0.4) is 0 Å². The molecular weight excluding hydrogens is 711 g/mol. The molecule has 2 aromatic carbocycles. The van der Waals surface area contributed by atoms with Crippen molar-refractivity contribution in [3.63, 3.8) is 0 Å². The molecule has 14 nitrogen and oxygen atoms in total. The van der Waals surface area contributed by atoms with Gasteiger partial charge in [0.25, 0.3) is 6.47 Å². The smallest absolute Gasteiger partial charge is 0.320 e. The van der Waals surface area contributed by atoms with E-state index in [0.717, 1.165) is 105 Å². The van der Waals surface area contributed by atoms with Crippen molar-refractivity contribution in [2.45, 2.75) is 89.9 Å². The van der Waals surface area contributed by atoms with Gasteiger partial charge in [-0.15, -0.1) is 10.2 Å². The number of fused-ring (bicyclic) bond motifs is 2. The minimum absolute atomic E-state index is 0.154. The zero-order valence-electron chi connectivity index (χ0n) is 32.7. The Kier molecular flexibility index (Phi) is 11.9. The molecule has 1 aliphatic carbocycles. The Hall–Kier alpha value is -5.47. The molecule has 0 saturated carbocycles. The lowest BCUT2D eigenvalue weighted by Crippen LogP contribution is -2.38. The summed E-state index contributed by atoms with van der Waals surface area (Å²) in [5.41, 5.74) is 5.75. The van der Waals surface area contributed by atoms with Gasteiger partial charge in [0.15, 0.2) is 5.65 Å². The fraction of sp³-hybridized carbons (Fsp3) is 0.452. The highest BCUT2D eigenvalue weighted by molar-refractivity contribution is 5.89. The van der Waals surface area contributed by atoms with Gasteiger partial charge in [-0.3, -0.25) is 19.4 Å². The summed E-state index contributed by atoms with van der Waals surface area (Å²) >= 11 is 0. The number of carboxylic acid groups (broad SMARTS) is 1. The number of piperidine rings is 1. The van der Waals surface area contributed by atoms with Gasteiger partial charge in [0.05, 0.1) is 36.8 Å². The highest BCUT2D eigenvalue weighted by Crippen LogP contribution is 2.39. The molecule has 3 N–H and O–H groups in total. The summed E-state index contributed by atoms with van der Waals surface area (Å²) < 4.78 is 16.1. The van der Waals surface area contributed by atoms with Crippen LogP contribution in [0.5, 0.6) is 5.75 Å². The van der Waals surface area contributed by atoms with Crippen LogP contribution in [-0.4, -0.2) is 85.8 Å². The van der Waals surface area contributed by atoms with Crippen molar-refractivity contribution in [1.82, 2.24) is 34.6 Å². The molecule has 3 aliphatic rings. The van der Waals surface area contributed by atoms with E-state index in [1.807, 2.05) is 47.3 Å². The SMILES string of the molecule is C[C@H]1CCCCN1c1nnc2ccc(O[C@@H]3CC[C@H](NC(=O)Nc4cc(C(C)(C)C)nn4-c4cccc(CN5CCOCC5)c4)c4ccccc43)cn12.O=CO. The van der Waals surface area contributed by atoms with Crippen LogP contribution in [0.15, 0.2) is 72.9 Å². The third kappa shape index (κ3) is 8.81. The number of nitrogens with one attached hydrogen (secondary N) is 2. The Morgan fingerprint density at radius 1 is 0.964 bits per heavy atom. The Morgan fingerprint density at radius 2 is 1.75 bits per heavy atom. The number of anilines is 2. The van der Waals surface area contributed by atoms with E-state index in [2.05, 4.69) is 93.1 Å². The van der Waals surface area contributed by atoms with E-state index in [1.165, 1.54) is 12.0 Å². The molecule has 3 atom stereocenters. The monoisotopic (exact) mass is 763 g/mol. The van der Waals surface area contributed by atoms with Crippen LogP contribution in [0, 0.1) is 0 Å². The molecular formula is C42H53N9O5. The Balaban J connectivity index is 0.00000155. The number of benzene rings is 2. The largest absolute Gasteiger partial charge is 0.484 e. The molecule has 0 unspecified atom stereocenters. The highest BCUT2D eigenvalue weighted by atomic mass is 16.5. The van der Waals surface area contributed by atoms with Crippen molar-refractivity contribution in [2.75, 3.05) is 43.1 Å². The minimum atomic E-state index is -0.271. The molecule has 2 amide bonds. The third-order valence-electron chi connectivity index (χ3n) is 10.8. The number of amides is 2. The topological polar surface area (TPSA) is 151 Å². The number of morpholine rings is 1. The first-order valence-electron chi connectivity index (χ1n) is 19.6. The molecule has 5 heterocycles. The van der Waals surface area contributed by atoms with E-state index in [-0.39, 0.29) is 30.1 Å². The Labute approximate surface area is 327 Å². The van der Waals surface area contributed by atoms with Crippen LogP contribution in [0.4, 0.5) is 16.6 Å². The van der Waals surface area contributed by atoms with Gasteiger partial charge >= 0.3 is 6.03 Å². The summed E-state index contributed by atoms with van der Waals surface area (Å²) in [5.74, 6) is 2.27. The lowest BCUT2D eigenvalue weighted by atomic mass is 9.85.